The Balaban J connectivity index is 1.33. The quantitative estimate of drug-likeness (QED) is 0.383. The number of piperazine rings is 1. The number of nitrogens with zero attached hydrogens (tertiary/aromatic N) is 7. The fourth-order valence-electron chi connectivity index (χ4n) is 7.31. The lowest BCUT2D eigenvalue weighted by Crippen LogP contribution is -2.54. The van der Waals surface area contributed by atoms with E-state index in [9.17, 15) is 5.26 Å². The molecule has 2 aromatic rings. The molecule has 6 rings (SSSR count). The van der Waals surface area contributed by atoms with Crippen molar-refractivity contribution in [3.63, 3.8) is 0 Å². The Labute approximate surface area is 259 Å². The highest BCUT2D eigenvalue weighted by atomic mass is 35.5. The van der Waals surface area contributed by atoms with E-state index in [0.717, 1.165) is 56.2 Å². The zero-order valence-corrected chi connectivity index (χ0v) is 26.2. The van der Waals surface area contributed by atoms with Gasteiger partial charge >= 0.3 is 6.01 Å². The molecular formula is C32H41Cl2N7O. The fourth-order valence-corrected chi connectivity index (χ4v) is 7.72. The molecule has 4 aliphatic rings. The molecule has 0 amide bonds. The largest absolute Gasteiger partial charge is 0.460 e. The number of nitriles is 1. The maximum atomic E-state index is 9.58. The number of ether oxygens (including phenoxy) is 1. The van der Waals surface area contributed by atoms with Crippen molar-refractivity contribution >= 4 is 34.7 Å². The van der Waals surface area contributed by atoms with E-state index < -0.39 is 0 Å². The summed E-state index contributed by atoms with van der Waals surface area (Å²) in [6, 6.07) is 9.36. The minimum Gasteiger partial charge on any atom is -0.460 e. The Morgan fingerprint density at radius 1 is 1.07 bits per heavy atom. The van der Waals surface area contributed by atoms with Crippen molar-refractivity contribution < 1.29 is 4.74 Å². The lowest BCUT2D eigenvalue weighted by molar-refractivity contribution is -0.0149. The fraction of sp³-hybridized carbons (Fsp3) is 0.594. The molecule has 2 saturated heterocycles. The van der Waals surface area contributed by atoms with Crippen LogP contribution in [0.25, 0.3) is 0 Å². The number of aromatic nitrogens is 2. The molecule has 1 aromatic heterocycles. The summed E-state index contributed by atoms with van der Waals surface area (Å²) < 4.78 is 6.77. The predicted molar refractivity (Wildman–Crippen MR) is 168 cm³/mol. The maximum absolute atomic E-state index is 9.58. The molecular weight excluding hydrogens is 569 g/mol. The average Bonchev–Trinajstić information content (AvgIpc) is 2.99. The number of allylic oxidation sites excluding steroid dienone is 1. The summed E-state index contributed by atoms with van der Waals surface area (Å²) in [4.78, 5) is 19.6. The first-order valence-corrected chi connectivity index (χ1v) is 16.2. The van der Waals surface area contributed by atoms with Crippen LogP contribution in [0.4, 0.5) is 11.5 Å². The standard InChI is InChI=1S/C32H41Cl2N7O/c1-3-15-39-18-19-41(20-22(39)11-14-35)31-23-12-17-40(28-9-6-8-25(33)30(28)34)21-26(23)36-32(37-31)42-29-10-5-4-7-24(29)27-13-16-38(27)2/h3,6,8-9,15,22,24,27,29H,4-5,7,10-13,16-21H2,1-2H3/t22-,24?,27?,29?/m0/s1. The smallest absolute Gasteiger partial charge is 0.318 e. The van der Waals surface area contributed by atoms with Crippen LogP contribution in [0.2, 0.25) is 10.0 Å². The Bertz CT molecular complexity index is 1350. The first-order valence-electron chi connectivity index (χ1n) is 15.4. The van der Waals surface area contributed by atoms with Crippen LogP contribution < -0.4 is 14.5 Å². The normalized spacial score (nSPS) is 26.6. The molecule has 10 heteroatoms. The number of fused-ring (bicyclic) bond motifs is 1. The summed E-state index contributed by atoms with van der Waals surface area (Å²) in [5, 5.41) is 10.7. The van der Waals surface area contributed by atoms with E-state index in [1.807, 2.05) is 31.2 Å². The maximum Gasteiger partial charge on any atom is 0.318 e. The first-order chi connectivity index (χ1) is 20.5. The number of hydrogen-bond acceptors (Lipinski definition) is 8. The predicted octanol–water partition coefficient (Wildman–Crippen LogP) is 5.93. The van der Waals surface area contributed by atoms with Crippen LogP contribution in [-0.2, 0) is 13.0 Å². The molecule has 8 nitrogen and oxygen atoms in total. The number of likely N-dealkylation sites (tertiary alicyclic amines) is 1. The molecule has 42 heavy (non-hydrogen) atoms. The van der Waals surface area contributed by atoms with Crippen LogP contribution in [0.15, 0.2) is 30.5 Å². The Hall–Kier alpha value is -2.73. The minimum absolute atomic E-state index is 0.108. The molecule has 1 saturated carbocycles. The second kappa shape index (κ2) is 12.9. The van der Waals surface area contributed by atoms with Crippen LogP contribution in [0.1, 0.15) is 56.7 Å². The van der Waals surface area contributed by atoms with E-state index in [2.05, 4.69) is 38.9 Å². The molecule has 4 atom stereocenters. The van der Waals surface area contributed by atoms with Gasteiger partial charge in [-0.05, 0) is 71.0 Å². The van der Waals surface area contributed by atoms with Crippen molar-refractivity contribution in [1.82, 2.24) is 19.8 Å². The van der Waals surface area contributed by atoms with E-state index >= 15 is 0 Å². The second-order valence-corrected chi connectivity index (χ2v) is 12.9. The number of anilines is 2. The van der Waals surface area contributed by atoms with Crippen molar-refractivity contribution in [2.24, 2.45) is 5.92 Å². The highest BCUT2D eigenvalue weighted by Crippen LogP contribution is 2.39. The first kappa shape index (κ1) is 29.3. The zero-order chi connectivity index (χ0) is 29.2. The van der Waals surface area contributed by atoms with Crippen LogP contribution in [0.3, 0.4) is 0 Å². The van der Waals surface area contributed by atoms with Gasteiger partial charge in [-0.1, -0.05) is 41.8 Å². The van der Waals surface area contributed by atoms with Gasteiger partial charge in [0.25, 0.3) is 0 Å². The van der Waals surface area contributed by atoms with Gasteiger partial charge in [-0.25, -0.2) is 0 Å². The topological polar surface area (TPSA) is 71.8 Å². The van der Waals surface area contributed by atoms with Gasteiger partial charge in [0.1, 0.15) is 11.9 Å². The van der Waals surface area contributed by atoms with Gasteiger partial charge < -0.3 is 24.3 Å². The van der Waals surface area contributed by atoms with Crippen LogP contribution in [-0.4, -0.2) is 77.7 Å². The van der Waals surface area contributed by atoms with Gasteiger partial charge in [0, 0.05) is 43.7 Å². The number of rotatable bonds is 7. The molecule has 0 N–H and O–H groups in total. The highest BCUT2D eigenvalue weighted by molar-refractivity contribution is 6.43. The van der Waals surface area contributed by atoms with Crippen molar-refractivity contribution in [3.8, 4) is 12.1 Å². The molecule has 3 unspecified atom stereocenters. The van der Waals surface area contributed by atoms with E-state index in [4.69, 9.17) is 37.9 Å². The lowest BCUT2D eigenvalue weighted by atomic mass is 9.77. The third-order valence-corrected chi connectivity index (χ3v) is 10.4. The third-order valence-electron chi connectivity index (χ3n) is 9.64. The van der Waals surface area contributed by atoms with Crippen molar-refractivity contribution in [1.29, 1.82) is 5.26 Å². The van der Waals surface area contributed by atoms with Gasteiger partial charge in [-0.2, -0.15) is 15.2 Å². The SMILES string of the molecule is CC=CN1CCN(c2nc(OC3CCCCC3C3CCN3C)nc3c2CCN(c2cccc(Cl)c2Cl)C3)C[C@@H]1CC#N. The van der Waals surface area contributed by atoms with Crippen LogP contribution >= 0.6 is 23.2 Å². The van der Waals surface area contributed by atoms with Gasteiger partial charge in [-0.3, -0.25) is 0 Å². The third kappa shape index (κ3) is 5.89. The van der Waals surface area contributed by atoms with Crippen LogP contribution in [0, 0.1) is 17.2 Å². The van der Waals surface area contributed by atoms with Gasteiger partial charge in [0.05, 0.1) is 46.5 Å². The molecule has 3 aliphatic heterocycles. The summed E-state index contributed by atoms with van der Waals surface area (Å²) in [6.07, 6.45) is 11.5. The van der Waals surface area contributed by atoms with Gasteiger partial charge in [-0.15, -0.1) is 0 Å². The zero-order valence-electron chi connectivity index (χ0n) is 24.7. The summed E-state index contributed by atoms with van der Waals surface area (Å²) in [5.41, 5.74) is 3.08. The Morgan fingerprint density at radius 2 is 1.93 bits per heavy atom. The van der Waals surface area contributed by atoms with Crippen molar-refractivity contribution in [2.75, 3.05) is 49.6 Å². The van der Waals surface area contributed by atoms with Gasteiger partial charge in [0.2, 0.25) is 0 Å². The van der Waals surface area contributed by atoms with E-state index in [-0.39, 0.29) is 12.1 Å². The summed E-state index contributed by atoms with van der Waals surface area (Å²) in [6.45, 7) is 7.01. The van der Waals surface area contributed by atoms with Crippen molar-refractivity contribution in [2.45, 2.75) is 76.6 Å². The molecule has 0 spiro atoms. The lowest BCUT2D eigenvalue weighted by Gasteiger charge is -2.47. The molecule has 1 aromatic carbocycles. The summed E-state index contributed by atoms with van der Waals surface area (Å²) in [7, 11) is 2.23. The Kier molecular flexibility index (Phi) is 8.99. The number of benzene rings is 1. The molecule has 4 heterocycles. The monoisotopic (exact) mass is 609 g/mol. The van der Waals surface area contributed by atoms with Crippen LogP contribution in [0.5, 0.6) is 6.01 Å². The molecule has 0 radical (unpaired) electrons. The summed E-state index contributed by atoms with van der Waals surface area (Å²) >= 11 is 13.0. The highest BCUT2D eigenvalue weighted by Gasteiger charge is 2.40. The van der Waals surface area contributed by atoms with Crippen molar-refractivity contribution in [3.05, 3.63) is 51.8 Å². The number of halogens is 2. The van der Waals surface area contributed by atoms with E-state index in [1.165, 1.54) is 37.8 Å². The molecule has 0 bridgehead atoms. The average molecular weight is 611 g/mol. The molecule has 1 aliphatic carbocycles. The van der Waals surface area contributed by atoms with E-state index in [0.29, 0.717) is 41.0 Å². The summed E-state index contributed by atoms with van der Waals surface area (Å²) in [5.74, 6) is 1.47. The molecule has 224 valence electrons. The Morgan fingerprint density at radius 3 is 2.69 bits per heavy atom. The van der Waals surface area contributed by atoms with Gasteiger partial charge in [0.15, 0.2) is 0 Å². The van der Waals surface area contributed by atoms with E-state index in [1.54, 1.807) is 0 Å². The number of hydrogen-bond donors (Lipinski definition) is 0. The minimum atomic E-state index is 0.108. The molecule has 3 fully saturated rings. The second-order valence-electron chi connectivity index (χ2n) is 12.1.